The van der Waals surface area contributed by atoms with Gasteiger partial charge >= 0.3 is 5.82 Å². The Labute approximate surface area is 157 Å². The van der Waals surface area contributed by atoms with Crippen LogP contribution < -0.4 is 14.8 Å². The quantitative estimate of drug-likeness (QED) is 0.639. The van der Waals surface area contributed by atoms with Crippen molar-refractivity contribution >= 4 is 11.5 Å². The molecular weight excluding hydrogens is 348 g/mol. The smallest absolute Gasteiger partial charge is 0.386 e. The third-order valence-electron chi connectivity index (χ3n) is 4.85. The first-order valence-corrected chi connectivity index (χ1v) is 9.16. The molecule has 0 aliphatic carbocycles. The second-order valence-electron chi connectivity index (χ2n) is 6.87. The van der Waals surface area contributed by atoms with Crippen LogP contribution >= 0.6 is 0 Å². The molecule has 1 aromatic carbocycles. The molecule has 1 aromatic heterocycles. The molecule has 0 spiro atoms. The van der Waals surface area contributed by atoms with E-state index in [1.807, 2.05) is 24.3 Å². The van der Waals surface area contributed by atoms with Crippen molar-refractivity contribution in [3.63, 3.8) is 0 Å². The molecule has 8 heteroatoms. The summed E-state index contributed by atoms with van der Waals surface area (Å²) in [4.78, 5) is 16.9. The van der Waals surface area contributed by atoms with Gasteiger partial charge in [-0.05, 0) is 53.6 Å². The highest BCUT2D eigenvalue weighted by Gasteiger charge is 2.27. The summed E-state index contributed by atoms with van der Waals surface area (Å²) < 4.78 is 11.8. The van der Waals surface area contributed by atoms with Crippen LogP contribution in [0.25, 0.3) is 0 Å². The van der Waals surface area contributed by atoms with E-state index in [2.05, 4.69) is 15.2 Å². The molecule has 2 atom stereocenters. The Balaban J connectivity index is 1.36. The van der Waals surface area contributed by atoms with Gasteiger partial charge in [-0.1, -0.05) is 12.1 Å². The third-order valence-corrected chi connectivity index (χ3v) is 4.85. The Kier molecular flexibility index (Phi) is 5.06. The van der Waals surface area contributed by atoms with Crippen molar-refractivity contribution in [2.24, 2.45) is 0 Å². The van der Waals surface area contributed by atoms with Crippen LogP contribution in [0, 0.1) is 10.1 Å². The van der Waals surface area contributed by atoms with Crippen molar-refractivity contribution in [3.05, 3.63) is 52.7 Å². The van der Waals surface area contributed by atoms with Gasteiger partial charge in [-0.25, -0.2) is 0 Å². The summed E-state index contributed by atoms with van der Waals surface area (Å²) in [5, 5.41) is 14.4. The summed E-state index contributed by atoms with van der Waals surface area (Å²) in [6, 6.07) is 11.3. The molecule has 0 amide bonds. The highest BCUT2D eigenvalue weighted by Crippen LogP contribution is 2.31. The van der Waals surface area contributed by atoms with Gasteiger partial charge in [0, 0.05) is 19.1 Å². The highest BCUT2D eigenvalue weighted by atomic mass is 16.6. The van der Waals surface area contributed by atoms with Gasteiger partial charge in [0.1, 0.15) is 24.6 Å². The Morgan fingerprint density at radius 3 is 2.96 bits per heavy atom. The molecule has 27 heavy (non-hydrogen) atoms. The predicted molar refractivity (Wildman–Crippen MR) is 100 cm³/mol. The number of hydrogen-bond donors (Lipinski definition) is 1. The van der Waals surface area contributed by atoms with E-state index in [1.54, 1.807) is 12.1 Å². The summed E-state index contributed by atoms with van der Waals surface area (Å²) in [6.45, 7) is 3.07. The monoisotopic (exact) mass is 370 g/mol. The van der Waals surface area contributed by atoms with Gasteiger partial charge < -0.3 is 24.9 Å². The first-order chi connectivity index (χ1) is 13.2. The number of anilines is 1. The lowest BCUT2D eigenvalue weighted by atomic mass is 10.0. The van der Waals surface area contributed by atoms with Crippen molar-refractivity contribution < 1.29 is 14.4 Å². The summed E-state index contributed by atoms with van der Waals surface area (Å²) >= 11 is 0. The molecule has 0 saturated carbocycles. The lowest BCUT2D eigenvalue weighted by Gasteiger charge is -2.36. The zero-order valence-electron chi connectivity index (χ0n) is 14.9. The maximum Gasteiger partial charge on any atom is 0.386 e. The van der Waals surface area contributed by atoms with Crippen LogP contribution in [-0.2, 0) is 0 Å². The number of para-hydroxylation sites is 2. The number of nitrogens with one attached hydrogen (secondary N) is 1. The van der Waals surface area contributed by atoms with Crippen LogP contribution in [-0.4, -0.2) is 53.2 Å². The van der Waals surface area contributed by atoms with Gasteiger partial charge in [0.25, 0.3) is 0 Å². The second kappa shape index (κ2) is 7.79. The summed E-state index contributed by atoms with van der Waals surface area (Å²) in [5.41, 5.74) is 0.473. The standard InChI is InChI=1S/C19H22N4O4/c24-23(25)19-16(6-3-9-20-19)21-14-5-4-10-22(11-14)12-15-13-26-17-7-1-2-8-18(17)27-15/h1-3,6-9,14-15,21H,4-5,10-13H2. The molecule has 142 valence electrons. The largest absolute Gasteiger partial charge is 0.486 e. The number of fused-ring (bicyclic) bond motifs is 1. The van der Waals surface area contributed by atoms with Gasteiger partial charge in [0.15, 0.2) is 11.5 Å². The zero-order chi connectivity index (χ0) is 18.6. The molecule has 1 saturated heterocycles. The molecule has 1 N–H and O–H groups in total. The lowest BCUT2D eigenvalue weighted by molar-refractivity contribution is -0.388. The lowest BCUT2D eigenvalue weighted by Crippen LogP contribution is -2.48. The average molecular weight is 370 g/mol. The summed E-state index contributed by atoms with van der Waals surface area (Å²) in [6.07, 6.45) is 3.41. The molecule has 2 aliphatic rings. The molecule has 8 nitrogen and oxygen atoms in total. The van der Waals surface area contributed by atoms with Gasteiger partial charge in [0.05, 0.1) is 0 Å². The number of piperidine rings is 1. The number of benzene rings is 1. The third kappa shape index (κ3) is 4.11. The molecule has 3 heterocycles. The van der Waals surface area contributed by atoms with Crippen molar-refractivity contribution in [1.29, 1.82) is 0 Å². The molecule has 1 fully saturated rings. The Morgan fingerprint density at radius 2 is 2.11 bits per heavy atom. The zero-order valence-corrected chi connectivity index (χ0v) is 14.9. The van der Waals surface area contributed by atoms with E-state index in [1.165, 1.54) is 6.20 Å². The van der Waals surface area contributed by atoms with E-state index in [0.717, 1.165) is 44.0 Å². The molecular formula is C19H22N4O4. The minimum Gasteiger partial charge on any atom is -0.486 e. The number of rotatable bonds is 5. The number of hydrogen-bond acceptors (Lipinski definition) is 7. The number of nitrogens with zero attached hydrogens (tertiary/aromatic N) is 3. The SMILES string of the molecule is O=[N+]([O-])c1ncccc1NC1CCCN(CC2COc3ccccc3O2)C1. The first-order valence-electron chi connectivity index (χ1n) is 9.16. The maximum atomic E-state index is 11.2. The molecule has 2 aromatic rings. The van der Waals surface area contributed by atoms with Crippen molar-refractivity contribution in [1.82, 2.24) is 9.88 Å². The maximum absolute atomic E-state index is 11.2. The summed E-state index contributed by atoms with van der Waals surface area (Å²) in [7, 11) is 0. The summed E-state index contributed by atoms with van der Waals surface area (Å²) in [5.74, 6) is 1.44. The topological polar surface area (TPSA) is 89.8 Å². The highest BCUT2D eigenvalue weighted by molar-refractivity contribution is 5.57. The van der Waals surface area contributed by atoms with E-state index in [0.29, 0.717) is 12.3 Å². The fourth-order valence-corrected chi connectivity index (χ4v) is 3.66. The van der Waals surface area contributed by atoms with Crippen LogP contribution in [0.3, 0.4) is 0 Å². The Bertz CT molecular complexity index is 816. The Hall–Kier alpha value is -2.87. The van der Waals surface area contributed by atoms with Gasteiger partial charge in [-0.2, -0.15) is 0 Å². The normalized spacial score (nSPS) is 22.2. The van der Waals surface area contributed by atoms with Gasteiger partial charge in [-0.15, -0.1) is 0 Å². The molecule has 2 aliphatic heterocycles. The fourth-order valence-electron chi connectivity index (χ4n) is 3.66. The van der Waals surface area contributed by atoms with Crippen LogP contribution in [0.15, 0.2) is 42.6 Å². The van der Waals surface area contributed by atoms with Crippen molar-refractivity contribution in [2.75, 3.05) is 31.6 Å². The fraction of sp³-hybridized carbons (Fsp3) is 0.421. The van der Waals surface area contributed by atoms with Gasteiger partial charge in [-0.3, -0.25) is 4.90 Å². The minimum atomic E-state index is -0.451. The number of ether oxygens (including phenoxy) is 2. The van der Waals surface area contributed by atoms with E-state index in [-0.39, 0.29) is 18.0 Å². The number of likely N-dealkylation sites (tertiary alicyclic amines) is 1. The van der Waals surface area contributed by atoms with Crippen molar-refractivity contribution in [3.8, 4) is 11.5 Å². The second-order valence-corrected chi connectivity index (χ2v) is 6.87. The number of pyridine rings is 1. The molecule has 4 rings (SSSR count). The van der Waals surface area contributed by atoms with E-state index < -0.39 is 4.92 Å². The van der Waals surface area contributed by atoms with Crippen LogP contribution in [0.1, 0.15) is 12.8 Å². The predicted octanol–water partition coefficient (Wildman–Crippen LogP) is 2.71. The molecule has 0 bridgehead atoms. The van der Waals surface area contributed by atoms with E-state index in [9.17, 15) is 10.1 Å². The van der Waals surface area contributed by atoms with Gasteiger partial charge in [0.2, 0.25) is 0 Å². The Morgan fingerprint density at radius 1 is 1.26 bits per heavy atom. The van der Waals surface area contributed by atoms with Crippen LogP contribution in [0.5, 0.6) is 11.5 Å². The van der Waals surface area contributed by atoms with Crippen LogP contribution in [0.2, 0.25) is 0 Å². The van der Waals surface area contributed by atoms with E-state index in [4.69, 9.17) is 9.47 Å². The number of aromatic nitrogens is 1. The van der Waals surface area contributed by atoms with Crippen molar-refractivity contribution in [2.45, 2.75) is 25.0 Å². The minimum absolute atomic E-state index is 0.0219. The average Bonchev–Trinajstić information content (AvgIpc) is 2.68. The van der Waals surface area contributed by atoms with E-state index >= 15 is 0 Å². The molecule has 0 radical (unpaired) electrons. The number of nitro groups is 1. The first kappa shape index (κ1) is 17.5. The van der Waals surface area contributed by atoms with Crippen LogP contribution in [0.4, 0.5) is 11.5 Å². The molecule has 2 unspecified atom stereocenters.